The molecule has 0 saturated carbocycles. The number of primary amides is 1. The van der Waals surface area contributed by atoms with Gasteiger partial charge in [0.15, 0.2) is 0 Å². The van der Waals surface area contributed by atoms with Crippen LogP contribution in [0.3, 0.4) is 0 Å². The second kappa shape index (κ2) is 14.2. The Kier molecular flexibility index (Phi) is 10.2. The van der Waals surface area contributed by atoms with E-state index < -0.39 is 22.1 Å². The van der Waals surface area contributed by atoms with Crippen LogP contribution < -0.4 is 11.1 Å². The Morgan fingerprint density at radius 1 is 0.762 bits per heavy atom. The van der Waals surface area contributed by atoms with Crippen molar-refractivity contribution in [3.05, 3.63) is 138 Å². The summed E-state index contributed by atoms with van der Waals surface area (Å²) in [5.74, 6) is -0.338. The number of nitrogens with zero attached hydrogens (tertiary/aromatic N) is 2. The minimum absolute atomic E-state index is 0.0859. The molecule has 1 unspecified atom stereocenters. The Bertz CT molecular complexity index is 1530. The van der Waals surface area contributed by atoms with Crippen LogP contribution in [0.25, 0.3) is 0 Å². The van der Waals surface area contributed by atoms with Gasteiger partial charge in [0.05, 0.1) is 10.9 Å². The number of amides is 4. The first kappa shape index (κ1) is 30.2. The highest BCUT2D eigenvalue weighted by atomic mass is 32.2. The number of rotatable bonds is 7. The summed E-state index contributed by atoms with van der Waals surface area (Å²) in [5.41, 5.74) is 7.05. The number of imide groups is 1. The largest absolute Gasteiger partial charge is 0.351 e. The Morgan fingerprint density at radius 3 is 1.69 bits per heavy atom. The summed E-state index contributed by atoms with van der Waals surface area (Å²) in [6, 6.07) is 36.3. The lowest BCUT2D eigenvalue weighted by Gasteiger charge is -2.44. The third kappa shape index (κ3) is 7.28. The van der Waals surface area contributed by atoms with Gasteiger partial charge in [0, 0.05) is 31.1 Å². The molecule has 1 fully saturated rings. The van der Waals surface area contributed by atoms with Crippen LogP contribution in [-0.4, -0.2) is 61.6 Å². The molecule has 5 rings (SSSR count). The molecule has 1 aliphatic heterocycles. The van der Waals surface area contributed by atoms with Gasteiger partial charge in [0.1, 0.15) is 0 Å². The number of piperazine rings is 1. The van der Waals surface area contributed by atoms with Crippen LogP contribution >= 0.6 is 0 Å². The average molecular weight is 585 g/mol. The van der Waals surface area contributed by atoms with Gasteiger partial charge in [-0.3, -0.25) is 14.9 Å². The van der Waals surface area contributed by atoms with E-state index in [0.29, 0.717) is 12.1 Å². The van der Waals surface area contributed by atoms with Crippen LogP contribution in [0.2, 0.25) is 0 Å². The molecule has 1 atom stereocenters. The normalized spacial score (nSPS) is 15.3. The predicted octanol–water partition coefficient (Wildman–Crippen LogP) is 3.85. The van der Waals surface area contributed by atoms with Crippen molar-refractivity contribution in [3.8, 4) is 0 Å². The highest BCUT2D eigenvalue weighted by Gasteiger charge is 2.42. The number of sulfonamides is 1. The smallest absolute Gasteiger partial charge is 0.318 e. The second-order valence-corrected chi connectivity index (χ2v) is 11.4. The molecule has 0 radical (unpaired) electrons. The molecule has 1 heterocycles. The first-order chi connectivity index (χ1) is 20.3. The average Bonchev–Trinajstić information content (AvgIpc) is 3.03. The number of nitrogens with one attached hydrogen (secondary N) is 1. The second-order valence-electron chi connectivity index (χ2n) is 9.54. The zero-order valence-corrected chi connectivity index (χ0v) is 23.6. The van der Waals surface area contributed by atoms with Gasteiger partial charge in [0.25, 0.3) is 5.91 Å². The van der Waals surface area contributed by atoms with E-state index in [4.69, 9.17) is 0 Å². The van der Waals surface area contributed by atoms with E-state index in [2.05, 4.69) is 5.73 Å². The van der Waals surface area contributed by atoms with Crippen molar-refractivity contribution in [1.82, 2.24) is 14.5 Å². The van der Waals surface area contributed by atoms with Crippen molar-refractivity contribution in [2.24, 2.45) is 5.73 Å². The molecular formula is C32H32N4O5S. The van der Waals surface area contributed by atoms with E-state index >= 15 is 0 Å². The fourth-order valence-corrected chi connectivity index (χ4v) is 6.69. The van der Waals surface area contributed by atoms with E-state index in [1.165, 1.54) is 0 Å². The van der Waals surface area contributed by atoms with Crippen molar-refractivity contribution in [2.75, 3.05) is 19.6 Å². The molecule has 4 aromatic rings. The minimum atomic E-state index is -3.79. The fourth-order valence-electron chi connectivity index (χ4n) is 5.05. The van der Waals surface area contributed by atoms with Crippen LogP contribution in [0.1, 0.15) is 27.4 Å². The molecule has 42 heavy (non-hydrogen) atoms. The van der Waals surface area contributed by atoms with Gasteiger partial charge in [-0.15, -0.1) is 0 Å². The van der Waals surface area contributed by atoms with Crippen LogP contribution in [0, 0.1) is 0 Å². The van der Waals surface area contributed by atoms with Gasteiger partial charge in [0.2, 0.25) is 16.4 Å². The predicted molar refractivity (Wildman–Crippen MR) is 160 cm³/mol. The Hall–Kier alpha value is -4.80. The SMILES string of the molecule is NC(=O)NC=O.O=C(c1ccccc1)N1CCN(S(=O)(=O)c2ccccc2)C(C(c2ccccc2)c2ccccc2)C1. The van der Waals surface area contributed by atoms with Gasteiger partial charge in [-0.2, -0.15) is 4.31 Å². The highest BCUT2D eigenvalue weighted by molar-refractivity contribution is 7.89. The molecule has 1 saturated heterocycles. The summed E-state index contributed by atoms with van der Waals surface area (Å²) < 4.78 is 29.5. The van der Waals surface area contributed by atoms with Gasteiger partial charge in [-0.25, -0.2) is 13.2 Å². The molecule has 4 aromatic carbocycles. The number of carbonyl (C=O) groups excluding carboxylic acids is 3. The lowest BCUT2D eigenvalue weighted by molar-refractivity contribution is -0.108. The van der Waals surface area contributed by atoms with Crippen molar-refractivity contribution in [2.45, 2.75) is 16.9 Å². The third-order valence-corrected chi connectivity index (χ3v) is 8.87. The number of hydrogen-bond donors (Lipinski definition) is 2. The molecule has 3 N–H and O–H groups in total. The van der Waals surface area contributed by atoms with E-state index in [0.717, 1.165) is 11.1 Å². The zero-order valence-electron chi connectivity index (χ0n) is 22.8. The molecular weight excluding hydrogens is 552 g/mol. The molecule has 1 aliphatic rings. The van der Waals surface area contributed by atoms with Crippen LogP contribution in [0.4, 0.5) is 4.79 Å². The summed E-state index contributed by atoms with van der Waals surface area (Å²) in [6.07, 6.45) is 0.225. The lowest BCUT2D eigenvalue weighted by Crippen LogP contribution is -2.58. The maximum absolute atomic E-state index is 13.9. The summed E-state index contributed by atoms with van der Waals surface area (Å²) in [6.45, 7) is 0.831. The number of urea groups is 1. The van der Waals surface area contributed by atoms with E-state index in [1.54, 1.807) is 50.9 Å². The van der Waals surface area contributed by atoms with E-state index in [9.17, 15) is 22.8 Å². The van der Waals surface area contributed by atoms with E-state index in [1.807, 2.05) is 84.9 Å². The molecule has 10 heteroatoms. The maximum Gasteiger partial charge on any atom is 0.318 e. The first-order valence-electron chi connectivity index (χ1n) is 13.3. The third-order valence-electron chi connectivity index (χ3n) is 6.93. The molecule has 0 aromatic heterocycles. The van der Waals surface area contributed by atoms with Crippen LogP contribution in [0.5, 0.6) is 0 Å². The Balaban J connectivity index is 0.000000612. The van der Waals surface area contributed by atoms with E-state index in [-0.39, 0.29) is 36.2 Å². The summed E-state index contributed by atoms with van der Waals surface area (Å²) in [7, 11) is -3.79. The van der Waals surface area contributed by atoms with Crippen LogP contribution in [0.15, 0.2) is 126 Å². The van der Waals surface area contributed by atoms with Crippen molar-refractivity contribution in [1.29, 1.82) is 0 Å². The van der Waals surface area contributed by atoms with Crippen molar-refractivity contribution in [3.63, 3.8) is 0 Å². The van der Waals surface area contributed by atoms with Crippen molar-refractivity contribution >= 4 is 28.4 Å². The topological polar surface area (TPSA) is 130 Å². The highest BCUT2D eigenvalue weighted by Crippen LogP contribution is 2.36. The fraction of sp³-hybridized carbons (Fsp3) is 0.156. The monoisotopic (exact) mass is 584 g/mol. The van der Waals surface area contributed by atoms with Gasteiger partial charge >= 0.3 is 6.03 Å². The molecule has 0 aliphatic carbocycles. The number of hydrogen-bond acceptors (Lipinski definition) is 5. The van der Waals surface area contributed by atoms with Gasteiger partial charge < -0.3 is 10.6 Å². The number of carbonyl (C=O) groups is 3. The first-order valence-corrected chi connectivity index (χ1v) is 14.8. The van der Waals surface area contributed by atoms with Gasteiger partial charge in [-0.05, 0) is 35.4 Å². The standard InChI is InChI=1S/C30H28N2O3S.C2H4N2O2/c33-30(26-17-9-3-10-18-26)31-21-22-32(36(34,35)27-19-11-4-12-20-27)28(23-31)29(24-13-5-1-6-14-24)25-15-7-2-8-16-25;3-2(6)4-1-5/h1-20,28-29H,21-23H2;1H,(H3,3,4,5,6). The molecule has 9 nitrogen and oxygen atoms in total. The number of nitrogens with two attached hydrogens (primary N) is 1. The minimum Gasteiger partial charge on any atom is -0.351 e. The zero-order chi connectivity index (χ0) is 30.0. The maximum atomic E-state index is 13.9. The summed E-state index contributed by atoms with van der Waals surface area (Å²) in [4.78, 5) is 34.2. The number of benzene rings is 4. The van der Waals surface area contributed by atoms with Gasteiger partial charge in [-0.1, -0.05) is 97.1 Å². The molecule has 4 amide bonds. The molecule has 0 bridgehead atoms. The Labute approximate surface area is 245 Å². The summed E-state index contributed by atoms with van der Waals surface area (Å²) >= 11 is 0. The quantitative estimate of drug-likeness (QED) is 0.319. The van der Waals surface area contributed by atoms with Crippen molar-refractivity contribution < 1.29 is 22.8 Å². The molecule has 216 valence electrons. The Morgan fingerprint density at radius 2 is 1.24 bits per heavy atom. The van der Waals surface area contributed by atoms with Crippen LogP contribution in [-0.2, 0) is 14.8 Å². The molecule has 0 spiro atoms. The lowest BCUT2D eigenvalue weighted by atomic mass is 9.84. The summed E-state index contributed by atoms with van der Waals surface area (Å²) in [5, 5.41) is 1.67.